The molecular formula is C21H19FN4O2. The Morgan fingerprint density at radius 3 is 2.29 bits per heavy atom. The summed E-state index contributed by atoms with van der Waals surface area (Å²) in [6.07, 6.45) is 6.46. The molecule has 28 heavy (non-hydrogen) atoms. The Hall–Kier alpha value is -3.61. The Morgan fingerprint density at radius 2 is 1.57 bits per heavy atom. The second kappa shape index (κ2) is 9.36. The molecule has 0 spiro atoms. The zero-order valence-corrected chi connectivity index (χ0v) is 15.1. The number of amides is 2. The van der Waals surface area contributed by atoms with Crippen molar-refractivity contribution < 1.29 is 14.0 Å². The summed E-state index contributed by atoms with van der Waals surface area (Å²) in [5, 5.41) is 5.49. The SMILES string of the molecule is O=C(NCCc1ccccc1F)c1cncc(C(=O)NCc2ccncc2)c1. The third-order valence-electron chi connectivity index (χ3n) is 4.10. The molecule has 3 rings (SSSR count). The normalized spacial score (nSPS) is 10.3. The van der Waals surface area contributed by atoms with Crippen molar-refractivity contribution in [3.05, 3.63) is 95.3 Å². The Balaban J connectivity index is 1.55. The molecule has 2 aromatic heterocycles. The van der Waals surface area contributed by atoms with Gasteiger partial charge in [-0.1, -0.05) is 18.2 Å². The van der Waals surface area contributed by atoms with E-state index in [1.807, 2.05) is 0 Å². The second-order valence-corrected chi connectivity index (χ2v) is 6.10. The summed E-state index contributed by atoms with van der Waals surface area (Å²) >= 11 is 0. The maximum atomic E-state index is 13.6. The maximum absolute atomic E-state index is 13.6. The van der Waals surface area contributed by atoms with Gasteiger partial charge in [-0.3, -0.25) is 19.6 Å². The van der Waals surface area contributed by atoms with E-state index < -0.39 is 0 Å². The number of carbonyl (C=O) groups is 2. The molecule has 0 atom stereocenters. The van der Waals surface area contributed by atoms with Crippen molar-refractivity contribution in [1.29, 1.82) is 0 Å². The third kappa shape index (κ3) is 5.20. The highest BCUT2D eigenvalue weighted by Crippen LogP contribution is 2.07. The van der Waals surface area contributed by atoms with Crippen LogP contribution in [0.15, 0.2) is 67.3 Å². The number of nitrogens with one attached hydrogen (secondary N) is 2. The van der Waals surface area contributed by atoms with Crippen molar-refractivity contribution in [1.82, 2.24) is 20.6 Å². The first-order chi connectivity index (χ1) is 13.6. The molecule has 142 valence electrons. The molecule has 3 aromatic rings. The molecule has 0 unspecified atom stereocenters. The largest absolute Gasteiger partial charge is 0.352 e. The molecular weight excluding hydrogens is 359 g/mol. The summed E-state index contributed by atoms with van der Waals surface area (Å²) < 4.78 is 13.6. The van der Waals surface area contributed by atoms with Crippen LogP contribution < -0.4 is 10.6 Å². The van der Waals surface area contributed by atoms with Crippen LogP contribution >= 0.6 is 0 Å². The zero-order valence-electron chi connectivity index (χ0n) is 15.1. The molecule has 0 saturated heterocycles. The highest BCUT2D eigenvalue weighted by atomic mass is 19.1. The average Bonchev–Trinajstić information content (AvgIpc) is 2.74. The van der Waals surface area contributed by atoms with E-state index in [9.17, 15) is 14.0 Å². The predicted octanol–water partition coefficient (Wildman–Crippen LogP) is 2.52. The maximum Gasteiger partial charge on any atom is 0.253 e. The summed E-state index contributed by atoms with van der Waals surface area (Å²) in [5.41, 5.74) is 2.00. The van der Waals surface area contributed by atoms with E-state index >= 15 is 0 Å². The van der Waals surface area contributed by atoms with Crippen molar-refractivity contribution in [2.75, 3.05) is 6.54 Å². The molecule has 7 heteroatoms. The molecule has 0 saturated carbocycles. The monoisotopic (exact) mass is 378 g/mol. The number of nitrogens with zero attached hydrogens (tertiary/aromatic N) is 2. The fraction of sp³-hybridized carbons (Fsp3) is 0.143. The van der Waals surface area contributed by atoms with E-state index in [0.29, 0.717) is 18.5 Å². The molecule has 0 radical (unpaired) electrons. The Labute approximate surface area is 161 Å². The van der Waals surface area contributed by atoms with Crippen molar-refractivity contribution in [3.63, 3.8) is 0 Å². The van der Waals surface area contributed by atoms with E-state index in [-0.39, 0.29) is 35.3 Å². The van der Waals surface area contributed by atoms with Crippen molar-refractivity contribution in [3.8, 4) is 0 Å². The molecule has 0 aliphatic rings. The first kappa shape index (κ1) is 19.2. The number of hydrogen-bond donors (Lipinski definition) is 2. The standard InChI is InChI=1S/C21H19FN4O2/c22-19-4-2-1-3-16(19)7-10-25-20(27)17-11-18(14-24-13-17)21(28)26-12-15-5-8-23-9-6-15/h1-6,8-9,11,13-14H,7,10,12H2,(H,25,27)(H,26,28). The van der Waals surface area contributed by atoms with Gasteiger partial charge >= 0.3 is 0 Å². The Morgan fingerprint density at radius 1 is 0.893 bits per heavy atom. The molecule has 0 aliphatic carbocycles. The molecule has 6 nitrogen and oxygen atoms in total. The minimum atomic E-state index is -0.368. The molecule has 1 aromatic carbocycles. The van der Waals surface area contributed by atoms with Crippen LogP contribution in [0.3, 0.4) is 0 Å². The minimum absolute atomic E-state index is 0.269. The Bertz CT molecular complexity index is 963. The van der Waals surface area contributed by atoms with Gasteiger partial charge in [-0.25, -0.2) is 4.39 Å². The van der Waals surface area contributed by atoms with Crippen LogP contribution in [0.25, 0.3) is 0 Å². The Kier molecular flexibility index (Phi) is 6.41. The van der Waals surface area contributed by atoms with E-state index in [2.05, 4.69) is 20.6 Å². The lowest BCUT2D eigenvalue weighted by Crippen LogP contribution is -2.27. The van der Waals surface area contributed by atoms with Gasteiger partial charge in [0.15, 0.2) is 0 Å². The van der Waals surface area contributed by atoms with Gasteiger partial charge in [0.05, 0.1) is 11.1 Å². The summed E-state index contributed by atoms with van der Waals surface area (Å²) in [4.78, 5) is 32.5. The summed E-state index contributed by atoms with van der Waals surface area (Å²) in [6, 6.07) is 11.5. The highest BCUT2D eigenvalue weighted by Gasteiger charge is 2.11. The van der Waals surface area contributed by atoms with Crippen LogP contribution in [0.4, 0.5) is 4.39 Å². The van der Waals surface area contributed by atoms with Crippen LogP contribution in [-0.2, 0) is 13.0 Å². The van der Waals surface area contributed by atoms with E-state index in [0.717, 1.165) is 5.56 Å². The van der Waals surface area contributed by atoms with Gasteiger partial charge in [-0.05, 0) is 41.8 Å². The number of halogens is 1. The number of rotatable bonds is 7. The zero-order chi connectivity index (χ0) is 19.8. The van der Waals surface area contributed by atoms with Gasteiger partial charge in [0.1, 0.15) is 5.82 Å². The van der Waals surface area contributed by atoms with Gasteiger partial charge in [-0.2, -0.15) is 0 Å². The van der Waals surface area contributed by atoms with Crippen LogP contribution in [0, 0.1) is 5.82 Å². The minimum Gasteiger partial charge on any atom is -0.352 e. The second-order valence-electron chi connectivity index (χ2n) is 6.10. The quantitative estimate of drug-likeness (QED) is 0.662. The topological polar surface area (TPSA) is 84.0 Å². The van der Waals surface area contributed by atoms with Crippen LogP contribution in [-0.4, -0.2) is 28.3 Å². The van der Waals surface area contributed by atoms with Gasteiger partial charge in [-0.15, -0.1) is 0 Å². The van der Waals surface area contributed by atoms with Crippen molar-refractivity contribution >= 4 is 11.8 Å². The summed E-state index contributed by atoms with van der Waals surface area (Å²) in [5.74, 6) is -0.996. The molecule has 0 fully saturated rings. The van der Waals surface area contributed by atoms with E-state index in [1.54, 1.807) is 42.7 Å². The van der Waals surface area contributed by atoms with Crippen LogP contribution in [0.2, 0.25) is 0 Å². The molecule has 2 amide bonds. The van der Waals surface area contributed by atoms with Gasteiger partial charge < -0.3 is 10.6 Å². The molecule has 0 bridgehead atoms. The number of benzene rings is 1. The lowest BCUT2D eigenvalue weighted by Gasteiger charge is -2.08. The van der Waals surface area contributed by atoms with Crippen LogP contribution in [0.1, 0.15) is 31.8 Å². The molecule has 0 aliphatic heterocycles. The van der Waals surface area contributed by atoms with E-state index in [4.69, 9.17) is 0 Å². The van der Waals surface area contributed by atoms with Crippen molar-refractivity contribution in [2.45, 2.75) is 13.0 Å². The predicted molar refractivity (Wildman–Crippen MR) is 102 cm³/mol. The molecule has 2 N–H and O–H groups in total. The number of carbonyl (C=O) groups excluding carboxylic acids is 2. The highest BCUT2D eigenvalue weighted by molar-refractivity contribution is 5.99. The third-order valence-corrected chi connectivity index (χ3v) is 4.10. The smallest absolute Gasteiger partial charge is 0.253 e. The van der Waals surface area contributed by atoms with E-state index in [1.165, 1.54) is 24.5 Å². The number of aromatic nitrogens is 2. The van der Waals surface area contributed by atoms with Gasteiger partial charge in [0, 0.05) is 37.9 Å². The summed E-state index contributed by atoms with van der Waals surface area (Å²) in [6.45, 7) is 0.624. The fourth-order valence-electron chi connectivity index (χ4n) is 2.59. The number of pyridine rings is 2. The molecule has 2 heterocycles. The van der Waals surface area contributed by atoms with Gasteiger partial charge in [0.25, 0.3) is 11.8 Å². The first-order valence-corrected chi connectivity index (χ1v) is 8.77. The lowest BCUT2D eigenvalue weighted by molar-refractivity contribution is 0.0950. The number of hydrogen-bond acceptors (Lipinski definition) is 4. The average molecular weight is 378 g/mol. The lowest BCUT2D eigenvalue weighted by atomic mass is 10.1. The van der Waals surface area contributed by atoms with Crippen LogP contribution in [0.5, 0.6) is 0 Å². The summed E-state index contributed by atoms with van der Waals surface area (Å²) in [7, 11) is 0. The first-order valence-electron chi connectivity index (χ1n) is 8.77. The van der Waals surface area contributed by atoms with Gasteiger partial charge in [0.2, 0.25) is 0 Å². The van der Waals surface area contributed by atoms with Crippen molar-refractivity contribution in [2.24, 2.45) is 0 Å². The fourth-order valence-corrected chi connectivity index (χ4v) is 2.59.